The zero-order valence-electron chi connectivity index (χ0n) is 8.79. The van der Waals surface area contributed by atoms with Gasteiger partial charge in [0, 0.05) is 21.9 Å². The predicted octanol–water partition coefficient (Wildman–Crippen LogP) is 5.73. The number of allylic oxidation sites excluding steroid dienone is 2. The molecule has 0 aromatic carbocycles. The van der Waals surface area contributed by atoms with Gasteiger partial charge in [-0.25, -0.2) is 17.6 Å². The lowest BCUT2D eigenvalue weighted by molar-refractivity contribution is 0.519. The van der Waals surface area contributed by atoms with Gasteiger partial charge in [-0.2, -0.15) is 22.7 Å². The van der Waals surface area contributed by atoms with Gasteiger partial charge in [-0.3, -0.25) is 0 Å². The summed E-state index contributed by atoms with van der Waals surface area (Å²) < 4.78 is 53.8. The van der Waals surface area contributed by atoms with Crippen LogP contribution >= 0.6 is 22.7 Å². The summed E-state index contributed by atoms with van der Waals surface area (Å²) >= 11 is 2.26. The standard InChI is InChI=1S/C12H6F4S2/c13-9(7-1-3-17-5-7)11(15)12(16)10(14)8-2-4-18-6-8/h1-6H/b11-9+,12-10+. The monoisotopic (exact) mass is 290 g/mol. The maximum absolute atomic E-state index is 13.5. The first kappa shape index (κ1) is 13.0. The van der Waals surface area contributed by atoms with Crippen LogP contribution in [0.4, 0.5) is 17.6 Å². The number of halogens is 4. The van der Waals surface area contributed by atoms with Gasteiger partial charge < -0.3 is 0 Å². The fourth-order valence-electron chi connectivity index (χ4n) is 1.22. The van der Waals surface area contributed by atoms with Crippen molar-refractivity contribution in [2.75, 3.05) is 0 Å². The second-order valence-corrected chi connectivity index (χ2v) is 4.84. The van der Waals surface area contributed by atoms with Crippen LogP contribution < -0.4 is 0 Å². The van der Waals surface area contributed by atoms with Crippen LogP contribution in [0.5, 0.6) is 0 Å². The van der Waals surface area contributed by atoms with E-state index >= 15 is 0 Å². The first-order chi connectivity index (χ1) is 8.61. The van der Waals surface area contributed by atoms with E-state index in [0.29, 0.717) is 0 Å². The normalized spacial score (nSPS) is 14.2. The van der Waals surface area contributed by atoms with E-state index in [-0.39, 0.29) is 11.1 Å². The number of hydrogen-bond acceptors (Lipinski definition) is 2. The Balaban J connectivity index is 2.42. The van der Waals surface area contributed by atoms with Crippen LogP contribution in [-0.2, 0) is 0 Å². The summed E-state index contributed by atoms with van der Waals surface area (Å²) in [4.78, 5) is 0. The van der Waals surface area contributed by atoms with Crippen molar-refractivity contribution in [3.8, 4) is 0 Å². The number of rotatable bonds is 3. The third kappa shape index (κ3) is 2.54. The largest absolute Gasteiger partial charge is 0.203 e. The van der Waals surface area contributed by atoms with Crippen molar-refractivity contribution in [1.29, 1.82) is 0 Å². The first-order valence-corrected chi connectivity index (χ1v) is 6.66. The Morgan fingerprint density at radius 1 is 0.722 bits per heavy atom. The van der Waals surface area contributed by atoms with E-state index in [4.69, 9.17) is 0 Å². The molecule has 2 aromatic rings. The van der Waals surface area contributed by atoms with Crippen LogP contribution in [0.1, 0.15) is 11.1 Å². The lowest BCUT2D eigenvalue weighted by Gasteiger charge is -1.99. The van der Waals surface area contributed by atoms with Gasteiger partial charge in [0.15, 0.2) is 23.3 Å². The van der Waals surface area contributed by atoms with Crippen molar-refractivity contribution in [2.45, 2.75) is 0 Å². The smallest absolute Gasteiger partial charge is 0.198 e. The van der Waals surface area contributed by atoms with E-state index < -0.39 is 23.3 Å². The summed E-state index contributed by atoms with van der Waals surface area (Å²) in [6.45, 7) is 0. The Kier molecular flexibility index (Phi) is 3.98. The number of thiophene rings is 2. The molecule has 18 heavy (non-hydrogen) atoms. The molecule has 0 nitrogen and oxygen atoms in total. The minimum atomic E-state index is -1.82. The Labute approximate surface area is 109 Å². The SMILES string of the molecule is FC(/C(F)=C(\F)c1ccsc1)=C(/F)c1ccsc1. The topological polar surface area (TPSA) is 0 Å². The van der Waals surface area contributed by atoms with Crippen molar-refractivity contribution in [1.82, 2.24) is 0 Å². The van der Waals surface area contributed by atoms with Crippen molar-refractivity contribution >= 4 is 34.3 Å². The molecule has 0 spiro atoms. The fraction of sp³-hybridized carbons (Fsp3) is 0. The van der Waals surface area contributed by atoms with Crippen molar-refractivity contribution in [2.24, 2.45) is 0 Å². The lowest BCUT2D eigenvalue weighted by atomic mass is 10.2. The Hall–Kier alpha value is -1.40. The van der Waals surface area contributed by atoms with Crippen molar-refractivity contribution in [3.05, 3.63) is 56.4 Å². The molecular formula is C12H6F4S2. The highest BCUT2D eigenvalue weighted by Gasteiger charge is 2.19. The average molecular weight is 290 g/mol. The number of hydrogen-bond donors (Lipinski definition) is 0. The quantitative estimate of drug-likeness (QED) is 0.500. The Morgan fingerprint density at radius 2 is 1.11 bits per heavy atom. The minimum absolute atomic E-state index is 0.106. The molecule has 0 aliphatic rings. The lowest BCUT2D eigenvalue weighted by Crippen LogP contribution is -1.85. The van der Waals surface area contributed by atoms with E-state index in [0.717, 1.165) is 22.7 Å². The van der Waals surface area contributed by atoms with Gasteiger partial charge in [0.2, 0.25) is 0 Å². The highest BCUT2D eigenvalue weighted by Crippen LogP contribution is 2.33. The van der Waals surface area contributed by atoms with E-state index in [1.54, 1.807) is 0 Å². The van der Waals surface area contributed by atoms with Crippen LogP contribution in [-0.4, -0.2) is 0 Å². The van der Waals surface area contributed by atoms with E-state index in [1.807, 2.05) is 0 Å². The summed E-state index contributed by atoms with van der Waals surface area (Å²) in [5.74, 6) is -6.45. The Morgan fingerprint density at radius 3 is 1.39 bits per heavy atom. The van der Waals surface area contributed by atoms with Gasteiger partial charge in [0.25, 0.3) is 0 Å². The molecule has 0 aliphatic heterocycles. The van der Waals surface area contributed by atoms with Crippen molar-refractivity contribution in [3.63, 3.8) is 0 Å². The van der Waals surface area contributed by atoms with E-state index in [9.17, 15) is 17.6 Å². The zero-order chi connectivity index (χ0) is 13.1. The molecule has 6 heteroatoms. The summed E-state index contributed by atoms with van der Waals surface area (Å²) in [6, 6.07) is 2.57. The van der Waals surface area contributed by atoms with Gasteiger partial charge in [0.05, 0.1) is 0 Å². The van der Waals surface area contributed by atoms with Gasteiger partial charge in [0.1, 0.15) is 0 Å². The molecule has 0 amide bonds. The van der Waals surface area contributed by atoms with E-state index in [2.05, 4.69) is 0 Å². The van der Waals surface area contributed by atoms with Crippen LogP contribution in [0, 0.1) is 0 Å². The second-order valence-electron chi connectivity index (χ2n) is 3.28. The molecule has 94 valence electrons. The molecule has 0 bridgehead atoms. The second kappa shape index (κ2) is 5.49. The van der Waals surface area contributed by atoms with Crippen molar-refractivity contribution < 1.29 is 17.6 Å². The molecule has 2 heterocycles. The molecule has 0 N–H and O–H groups in total. The summed E-state index contributed by atoms with van der Waals surface area (Å²) in [6.07, 6.45) is 0. The maximum atomic E-state index is 13.5. The van der Waals surface area contributed by atoms with Crippen LogP contribution in [0.15, 0.2) is 45.3 Å². The molecule has 0 aliphatic carbocycles. The first-order valence-electron chi connectivity index (χ1n) is 4.77. The van der Waals surface area contributed by atoms with Crippen LogP contribution in [0.3, 0.4) is 0 Å². The van der Waals surface area contributed by atoms with Gasteiger partial charge in [-0.05, 0) is 22.9 Å². The van der Waals surface area contributed by atoms with Gasteiger partial charge in [-0.1, -0.05) is 0 Å². The minimum Gasteiger partial charge on any atom is -0.203 e. The molecule has 0 unspecified atom stereocenters. The van der Waals surface area contributed by atoms with Crippen LogP contribution in [0.25, 0.3) is 11.7 Å². The molecule has 0 saturated heterocycles. The molecule has 0 fully saturated rings. The van der Waals surface area contributed by atoms with Crippen LogP contribution in [0.2, 0.25) is 0 Å². The van der Waals surface area contributed by atoms with E-state index in [1.165, 1.54) is 33.7 Å². The predicted molar refractivity (Wildman–Crippen MR) is 66.9 cm³/mol. The molecule has 0 radical (unpaired) electrons. The maximum Gasteiger partial charge on any atom is 0.198 e. The molecule has 0 atom stereocenters. The molecule has 0 saturated carbocycles. The van der Waals surface area contributed by atoms with Gasteiger partial charge >= 0.3 is 0 Å². The zero-order valence-corrected chi connectivity index (χ0v) is 10.4. The van der Waals surface area contributed by atoms with Gasteiger partial charge in [-0.15, -0.1) is 0 Å². The highest BCUT2D eigenvalue weighted by molar-refractivity contribution is 7.08. The summed E-state index contributed by atoms with van der Waals surface area (Å²) in [7, 11) is 0. The fourth-order valence-corrected chi connectivity index (χ4v) is 2.49. The summed E-state index contributed by atoms with van der Waals surface area (Å²) in [5.41, 5.74) is -0.212. The highest BCUT2D eigenvalue weighted by atomic mass is 32.1. The molecule has 2 aromatic heterocycles. The molecular weight excluding hydrogens is 284 g/mol. The average Bonchev–Trinajstić information content (AvgIpc) is 3.06. The Bertz CT molecular complexity index is 525. The third-order valence-electron chi connectivity index (χ3n) is 2.13. The molecule has 2 rings (SSSR count). The summed E-state index contributed by atoms with van der Waals surface area (Å²) in [5, 5.41) is 5.65. The third-order valence-corrected chi connectivity index (χ3v) is 3.49.